The van der Waals surface area contributed by atoms with Crippen molar-refractivity contribution < 1.29 is 0 Å². The zero-order chi connectivity index (χ0) is 9.97. The Bertz CT molecular complexity index is 391. The zero-order valence-electron chi connectivity index (χ0n) is 8.00. The highest BCUT2D eigenvalue weighted by Crippen LogP contribution is 2.15. The molecule has 0 amide bonds. The molecular weight excluding hydrogens is 198 g/mol. The molecule has 0 aliphatic heterocycles. The average molecular weight is 210 g/mol. The van der Waals surface area contributed by atoms with Crippen molar-refractivity contribution in [3.05, 3.63) is 24.3 Å². The van der Waals surface area contributed by atoms with Crippen LogP contribution in [0.1, 0.15) is 0 Å². The van der Waals surface area contributed by atoms with Gasteiger partial charge in [0.05, 0.1) is 11.0 Å². The first-order chi connectivity index (χ1) is 6.81. The molecule has 1 heterocycles. The molecule has 0 saturated carbocycles. The molecule has 2 rings (SSSR count). The van der Waals surface area contributed by atoms with Crippen LogP contribution in [0.5, 0.6) is 0 Å². The fourth-order valence-corrected chi connectivity index (χ4v) is 1.61. The number of hydrogen-bond acceptors (Lipinski definition) is 2. The average Bonchev–Trinajstić information content (AvgIpc) is 2.61. The first kappa shape index (κ1) is 9.34. The number of nitrogens with one attached hydrogen (secondary N) is 1. The summed E-state index contributed by atoms with van der Waals surface area (Å²) in [4.78, 5) is 9.69. The van der Waals surface area contributed by atoms with Crippen LogP contribution in [0.4, 0.5) is 5.95 Å². The quantitative estimate of drug-likeness (QED) is 0.787. The molecule has 74 valence electrons. The number of imidazole rings is 1. The predicted octanol–water partition coefficient (Wildman–Crippen LogP) is 2.24. The SMILES string of the molecule is CN(CCCl)c1nc2ccccc2[nH]1. The molecule has 0 aliphatic rings. The molecule has 3 nitrogen and oxygen atoms in total. The number of alkyl halides is 1. The summed E-state index contributed by atoms with van der Waals surface area (Å²) >= 11 is 5.66. The van der Waals surface area contributed by atoms with E-state index in [2.05, 4.69) is 9.97 Å². The molecule has 0 radical (unpaired) electrons. The van der Waals surface area contributed by atoms with Crippen molar-refractivity contribution in [1.82, 2.24) is 9.97 Å². The number of fused-ring (bicyclic) bond motifs is 1. The number of nitrogens with zero attached hydrogens (tertiary/aromatic N) is 2. The lowest BCUT2D eigenvalue weighted by Gasteiger charge is -2.12. The van der Waals surface area contributed by atoms with Gasteiger partial charge in [-0.15, -0.1) is 11.6 Å². The van der Waals surface area contributed by atoms with Gasteiger partial charge in [0.2, 0.25) is 5.95 Å². The number of anilines is 1. The van der Waals surface area contributed by atoms with Crippen LogP contribution in [0.25, 0.3) is 11.0 Å². The topological polar surface area (TPSA) is 31.9 Å². The van der Waals surface area contributed by atoms with Crippen LogP contribution >= 0.6 is 11.6 Å². The Kier molecular flexibility index (Phi) is 2.59. The molecule has 14 heavy (non-hydrogen) atoms. The molecule has 0 aliphatic carbocycles. The molecule has 1 N–H and O–H groups in total. The molecule has 4 heteroatoms. The first-order valence-electron chi connectivity index (χ1n) is 4.53. The number of rotatable bonds is 3. The number of halogens is 1. The lowest BCUT2D eigenvalue weighted by Crippen LogP contribution is -2.20. The molecule has 0 bridgehead atoms. The van der Waals surface area contributed by atoms with Gasteiger partial charge in [0.1, 0.15) is 0 Å². The van der Waals surface area contributed by atoms with Gasteiger partial charge in [0, 0.05) is 19.5 Å². The second-order valence-corrected chi connectivity index (χ2v) is 3.57. The van der Waals surface area contributed by atoms with Gasteiger partial charge < -0.3 is 9.88 Å². The Morgan fingerprint density at radius 2 is 2.21 bits per heavy atom. The minimum atomic E-state index is 0.605. The molecule has 0 spiro atoms. The van der Waals surface area contributed by atoms with Crippen molar-refractivity contribution in [2.75, 3.05) is 24.4 Å². The second-order valence-electron chi connectivity index (χ2n) is 3.19. The van der Waals surface area contributed by atoms with Crippen LogP contribution in [-0.2, 0) is 0 Å². The maximum absolute atomic E-state index is 5.66. The van der Waals surface area contributed by atoms with Crippen LogP contribution < -0.4 is 4.90 Å². The largest absolute Gasteiger partial charge is 0.344 e. The molecule has 0 saturated heterocycles. The van der Waals surface area contributed by atoms with Crippen LogP contribution in [0.15, 0.2) is 24.3 Å². The number of hydrogen-bond donors (Lipinski definition) is 1. The highest BCUT2D eigenvalue weighted by atomic mass is 35.5. The third-order valence-electron chi connectivity index (χ3n) is 2.16. The summed E-state index contributed by atoms with van der Waals surface area (Å²) < 4.78 is 0. The Hall–Kier alpha value is -1.22. The predicted molar refractivity (Wildman–Crippen MR) is 60.1 cm³/mol. The summed E-state index contributed by atoms with van der Waals surface area (Å²) in [6, 6.07) is 7.98. The van der Waals surface area contributed by atoms with E-state index < -0.39 is 0 Å². The summed E-state index contributed by atoms with van der Waals surface area (Å²) in [6.07, 6.45) is 0. The minimum absolute atomic E-state index is 0.605. The maximum atomic E-state index is 5.66. The van der Waals surface area contributed by atoms with Crippen molar-refractivity contribution >= 4 is 28.6 Å². The van der Waals surface area contributed by atoms with E-state index in [1.54, 1.807) is 0 Å². The van der Waals surface area contributed by atoms with Crippen LogP contribution in [-0.4, -0.2) is 29.4 Å². The van der Waals surface area contributed by atoms with E-state index in [9.17, 15) is 0 Å². The van der Waals surface area contributed by atoms with Gasteiger partial charge in [0.25, 0.3) is 0 Å². The Balaban J connectivity index is 2.35. The third-order valence-corrected chi connectivity index (χ3v) is 2.33. The van der Waals surface area contributed by atoms with Gasteiger partial charge in [-0.2, -0.15) is 0 Å². The van der Waals surface area contributed by atoms with E-state index in [4.69, 9.17) is 11.6 Å². The number of aromatic amines is 1. The Morgan fingerprint density at radius 1 is 1.43 bits per heavy atom. The normalized spacial score (nSPS) is 10.7. The summed E-state index contributed by atoms with van der Waals surface area (Å²) in [7, 11) is 1.97. The van der Waals surface area contributed by atoms with Crippen molar-refractivity contribution in [1.29, 1.82) is 0 Å². The van der Waals surface area contributed by atoms with Crippen LogP contribution in [0.3, 0.4) is 0 Å². The van der Waals surface area contributed by atoms with Gasteiger partial charge in [-0.25, -0.2) is 4.98 Å². The van der Waals surface area contributed by atoms with Crippen molar-refractivity contribution in [3.63, 3.8) is 0 Å². The van der Waals surface area contributed by atoms with Gasteiger partial charge in [-0.3, -0.25) is 0 Å². The number of aromatic nitrogens is 2. The van der Waals surface area contributed by atoms with E-state index in [1.165, 1.54) is 0 Å². The van der Waals surface area contributed by atoms with Crippen molar-refractivity contribution in [3.8, 4) is 0 Å². The molecule has 1 aromatic carbocycles. The monoisotopic (exact) mass is 209 g/mol. The lowest BCUT2D eigenvalue weighted by atomic mass is 10.3. The highest BCUT2D eigenvalue weighted by Gasteiger charge is 2.05. The molecular formula is C10H12ClN3. The van der Waals surface area contributed by atoms with E-state index in [1.807, 2.05) is 36.2 Å². The van der Waals surface area contributed by atoms with E-state index in [-0.39, 0.29) is 0 Å². The molecule has 0 atom stereocenters. The van der Waals surface area contributed by atoms with Crippen LogP contribution in [0.2, 0.25) is 0 Å². The van der Waals surface area contributed by atoms with Gasteiger partial charge in [-0.1, -0.05) is 12.1 Å². The summed E-state index contributed by atoms with van der Waals surface area (Å²) in [6.45, 7) is 0.793. The smallest absolute Gasteiger partial charge is 0.203 e. The van der Waals surface area contributed by atoms with Crippen LogP contribution in [0, 0.1) is 0 Å². The third kappa shape index (κ3) is 1.68. The fraction of sp³-hybridized carbons (Fsp3) is 0.300. The Labute approximate surface area is 87.7 Å². The lowest BCUT2D eigenvalue weighted by molar-refractivity contribution is 0.928. The molecule has 0 unspecified atom stereocenters. The molecule has 1 aromatic heterocycles. The second kappa shape index (κ2) is 3.88. The summed E-state index contributed by atoms with van der Waals surface area (Å²) in [5.41, 5.74) is 2.05. The maximum Gasteiger partial charge on any atom is 0.203 e. The number of benzene rings is 1. The molecule has 2 aromatic rings. The minimum Gasteiger partial charge on any atom is -0.344 e. The standard InChI is InChI=1S/C10H12ClN3/c1-14(7-6-11)10-12-8-4-2-3-5-9(8)13-10/h2-5H,6-7H2,1H3,(H,12,13). The number of para-hydroxylation sites is 2. The van der Waals surface area contributed by atoms with E-state index in [0.717, 1.165) is 23.5 Å². The first-order valence-corrected chi connectivity index (χ1v) is 5.06. The van der Waals surface area contributed by atoms with E-state index >= 15 is 0 Å². The van der Waals surface area contributed by atoms with Gasteiger partial charge in [0.15, 0.2) is 0 Å². The fourth-order valence-electron chi connectivity index (χ4n) is 1.35. The van der Waals surface area contributed by atoms with E-state index in [0.29, 0.717) is 5.88 Å². The Morgan fingerprint density at radius 3 is 2.93 bits per heavy atom. The summed E-state index contributed by atoms with van der Waals surface area (Å²) in [5.74, 6) is 1.47. The number of H-pyrrole nitrogens is 1. The zero-order valence-corrected chi connectivity index (χ0v) is 8.75. The highest BCUT2D eigenvalue weighted by molar-refractivity contribution is 6.18. The summed E-state index contributed by atoms with van der Waals surface area (Å²) in [5, 5.41) is 0. The van der Waals surface area contributed by atoms with Crippen molar-refractivity contribution in [2.24, 2.45) is 0 Å². The molecule has 0 fully saturated rings. The van der Waals surface area contributed by atoms with Gasteiger partial charge >= 0.3 is 0 Å². The van der Waals surface area contributed by atoms with Gasteiger partial charge in [-0.05, 0) is 12.1 Å². The van der Waals surface area contributed by atoms with Crippen molar-refractivity contribution in [2.45, 2.75) is 0 Å².